The lowest BCUT2D eigenvalue weighted by Crippen LogP contribution is -2.46. The van der Waals surface area contributed by atoms with Crippen molar-refractivity contribution in [3.8, 4) is 0 Å². The molecular weight excluding hydrogens is 279 g/mol. The summed E-state index contributed by atoms with van der Waals surface area (Å²) in [5.74, 6) is -1.50. The number of aliphatic carboxylic acids is 1. The van der Waals surface area contributed by atoms with E-state index in [2.05, 4.69) is 10.6 Å². The second-order valence-electron chi connectivity index (χ2n) is 4.77. The molecule has 1 rings (SSSR count). The lowest BCUT2D eigenvalue weighted by molar-refractivity contribution is -0.139. The van der Waals surface area contributed by atoms with Crippen molar-refractivity contribution >= 4 is 12.0 Å². The molecule has 6 nitrogen and oxygen atoms in total. The third kappa shape index (κ3) is 5.03. The molecule has 0 aliphatic carbocycles. The van der Waals surface area contributed by atoms with Crippen molar-refractivity contribution in [2.45, 2.75) is 32.9 Å². The van der Waals surface area contributed by atoms with Crippen LogP contribution >= 0.6 is 0 Å². The van der Waals surface area contributed by atoms with Crippen LogP contribution in [0, 0.1) is 19.7 Å². The van der Waals surface area contributed by atoms with Crippen LogP contribution < -0.4 is 10.6 Å². The van der Waals surface area contributed by atoms with Gasteiger partial charge >= 0.3 is 12.0 Å². The second kappa shape index (κ2) is 7.58. The van der Waals surface area contributed by atoms with E-state index < -0.39 is 18.0 Å². The Balaban J connectivity index is 2.58. The van der Waals surface area contributed by atoms with Crippen LogP contribution in [0.5, 0.6) is 0 Å². The lowest BCUT2D eigenvalue weighted by atomic mass is 10.1. The first-order valence-corrected chi connectivity index (χ1v) is 6.48. The van der Waals surface area contributed by atoms with E-state index in [0.29, 0.717) is 11.1 Å². The highest BCUT2D eigenvalue weighted by atomic mass is 19.1. The minimum atomic E-state index is -1.22. The summed E-state index contributed by atoms with van der Waals surface area (Å²) >= 11 is 0. The molecule has 0 aromatic heterocycles. The van der Waals surface area contributed by atoms with Crippen LogP contribution in [0.4, 0.5) is 9.18 Å². The summed E-state index contributed by atoms with van der Waals surface area (Å²) in [5, 5.41) is 22.3. The van der Waals surface area contributed by atoms with Gasteiger partial charge in [-0.2, -0.15) is 0 Å². The Morgan fingerprint density at radius 2 is 1.86 bits per heavy atom. The number of carbonyl (C=O) groups is 2. The molecule has 0 heterocycles. The van der Waals surface area contributed by atoms with Gasteiger partial charge in [0.25, 0.3) is 0 Å². The fourth-order valence-electron chi connectivity index (χ4n) is 1.92. The maximum Gasteiger partial charge on any atom is 0.326 e. The maximum absolute atomic E-state index is 13.5. The Hall–Kier alpha value is -2.15. The topological polar surface area (TPSA) is 98.7 Å². The van der Waals surface area contributed by atoms with Gasteiger partial charge in [-0.1, -0.05) is 12.1 Å². The largest absolute Gasteiger partial charge is 0.480 e. The summed E-state index contributed by atoms with van der Waals surface area (Å²) in [6, 6.07) is 1.43. The van der Waals surface area contributed by atoms with Crippen molar-refractivity contribution in [1.82, 2.24) is 10.6 Å². The summed E-state index contributed by atoms with van der Waals surface area (Å²) < 4.78 is 13.5. The van der Waals surface area contributed by atoms with E-state index in [1.807, 2.05) is 0 Å². The molecule has 0 saturated carbocycles. The zero-order chi connectivity index (χ0) is 16.0. The van der Waals surface area contributed by atoms with Crippen LogP contribution in [0.25, 0.3) is 0 Å². The van der Waals surface area contributed by atoms with Crippen LogP contribution in [0.3, 0.4) is 0 Å². The third-order valence-corrected chi connectivity index (χ3v) is 2.97. The van der Waals surface area contributed by atoms with Crippen molar-refractivity contribution in [3.63, 3.8) is 0 Å². The average molecular weight is 298 g/mol. The number of aliphatic hydroxyl groups excluding tert-OH is 1. The summed E-state index contributed by atoms with van der Waals surface area (Å²) in [7, 11) is 0. The van der Waals surface area contributed by atoms with E-state index in [1.54, 1.807) is 26.0 Å². The molecule has 0 bridgehead atoms. The number of carboxylic acid groups (broad SMARTS) is 1. The zero-order valence-corrected chi connectivity index (χ0v) is 11.9. The van der Waals surface area contributed by atoms with Crippen molar-refractivity contribution in [2.24, 2.45) is 0 Å². The van der Waals surface area contributed by atoms with Gasteiger partial charge in [-0.15, -0.1) is 0 Å². The highest BCUT2D eigenvalue weighted by Gasteiger charge is 2.18. The molecule has 2 amide bonds. The van der Waals surface area contributed by atoms with Gasteiger partial charge in [0, 0.05) is 19.6 Å². The minimum Gasteiger partial charge on any atom is -0.480 e. The van der Waals surface area contributed by atoms with Gasteiger partial charge in [-0.05, 0) is 30.5 Å². The monoisotopic (exact) mass is 298 g/mol. The Morgan fingerprint density at radius 1 is 1.29 bits per heavy atom. The predicted molar refractivity (Wildman–Crippen MR) is 74.4 cm³/mol. The van der Waals surface area contributed by atoms with Crippen molar-refractivity contribution in [3.05, 3.63) is 34.6 Å². The number of carbonyl (C=O) groups excluding carboxylic acids is 1. The molecule has 4 N–H and O–H groups in total. The second-order valence-corrected chi connectivity index (χ2v) is 4.77. The summed E-state index contributed by atoms with van der Waals surface area (Å²) in [6.07, 6.45) is -0.0719. The number of rotatable bonds is 6. The molecule has 0 spiro atoms. The van der Waals surface area contributed by atoms with Gasteiger partial charge in [0.2, 0.25) is 0 Å². The number of benzene rings is 1. The lowest BCUT2D eigenvalue weighted by Gasteiger charge is -2.14. The van der Waals surface area contributed by atoms with Gasteiger partial charge < -0.3 is 20.8 Å². The number of hydrogen-bond donors (Lipinski definition) is 4. The first-order valence-electron chi connectivity index (χ1n) is 6.48. The molecule has 0 radical (unpaired) electrons. The van der Waals surface area contributed by atoms with Gasteiger partial charge in [-0.25, -0.2) is 14.0 Å². The smallest absolute Gasteiger partial charge is 0.326 e. The molecule has 0 aliphatic heterocycles. The summed E-state index contributed by atoms with van der Waals surface area (Å²) in [4.78, 5) is 22.4. The molecule has 1 atom stereocenters. The van der Waals surface area contributed by atoms with Crippen LogP contribution in [0.2, 0.25) is 0 Å². The summed E-state index contributed by atoms with van der Waals surface area (Å²) in [5.41, 5.74) is 1.68. The SMILES string of the molecule is Cc1cc(CNC(=O)NC(CCO)C(=O)O)cc(C)c1F. The number of aryl methyl sites for hydroxylation is 2. The van der Waals surface area contributed by atoms with Gasteiger partial charge in [0.1, 0.15) is 11.9 Å². The van der Waals surface area contributed by atoms with Crippen LogP contribution in [-0.4, -0.2) is 34.9 Å². The molecule has 116 valence electrons. The molecule has 1 aromatic carbocycles. The Labute approximate surface area is 122 Å². The Bertz CT molecular complexity index is 511. The number of urea groups is 1. The predicted octanol–water partition coefficient (Wildman–Crippen LogP) is 1.08. The fraction of sp³-hybridized carbons (Fsp3) is 0.429. The quantitative estimate of drug-likeness (QED) is 0.631. The van der Waals surface area contributed by atoms with E-state index in [4.69, 9.17) is 10.2 Å². The van der Waals surface area contributed by atoms with Crippen LogP contribution in [-0.2, 0) is 11.3 Å². The molecule has 0 fully saturated rings. The third-order valence-electron chi connectivity index (χ3n) is 2.97. The first kappa shape index (κ1) is 16.9. The average Bonchev–Trinajstić information content (AvgIpc) is 2.41. The number of aliphatic hydroxyl groups is 1. The number of carboxylic acids is 1. The van der Waals surface area contributed by atoms with E-state index in [9.17, 15) is 14.0 Å². The standard InChI is InChI=1S/C14H19FN2O4/c1-8-5-10(6-9(2)12(8)15)7-16-14(21)17-11(3-4-18)13(19)20/h5-6,11,18H,3-4,7H2,1-2H3,(H,19,20)(H2,16,17,21). The number of halogens is 1. The van der Waals surface area contributed by atoms with E-state index in [-0.39, 0.29) is 25.4 Å². The molecule has 0 aliphatic rings. The van der Waals surface area contributed by atoms with Gasteiger partial charge in [0.05, 0.1) is 0 Å². The van der Waals surface area contributed by atoms with Gasteiger partial charge in [-0.3, -0.25) is 0 Å². The van der Waals surface area contributed by atoms with Crippen molar-refractivity contribution < 1.29 is 24.2 Å². The molecular formula is C14H19FN2O4. The minimum absolute atomic E-state index is 0.0719. The molecule has 0 saturated heterocycles. The fourth-order valence-corrected chi connectivity index (χ4v) is 1.92. The summed E-state index contributed by atoms with van der Waals surface area (Å²) in [6.45, 7) is 3.08. The van der Waals surface area contributed by atoms with E-state index in [0.717, 1.165) is 5.56 Å². The number of amides is 2. The molecule has 1 unspecified atom stereocenters. The highest BCUT2D eigenvalue weighted by molar-refractivity contribution is 5.82. The normalized spacial score (nSPS) is 11.8. The molecule has 7 heteroatoms. The first-order chi connectivity index (χ1) is 9.85. The Kier molecular flexibility index (Phi) is 6.10. The van der Waals surface area contributed by atoms with Crippen molar-refractivity contribution in [1.29, 1.82) is 0 Å². The van der Waals surface area contributed by atoms with Gasteiger partial charge in [0.15, 0.2) is 0 Å². The number of nitrogens with one attached hydrogen (secondary N) is 2. The maximum atomic E-state index is 13.5. The Morgan fingerprint density at radius 3 is 2.33 bits per heavy atom. The number of hydrogen-bond acceptors (Lipinski definition) is 3. The van der Waals surface area contributed by atoms with E-state index in [1.165, 1.54) is 0 Å². The molecule has 21 heavy (non-hydrogen) atoms. The zero-order valence-electron chi connectivity index (χ0n) is 11.9. The van der Waals surface area contributed by atoms with Crippen LogP contribution in [0.1, 0.15) is 23.1 Å². The highest BCUT2D eigenvalue weighted by Crippen LogP contribution is 2.14. The van der Waals surface area contributed by atoms with Crippen LogP contribution in [0.15, 0.2) is 12.1 Å². The van der Waals surface area contributed by atoms with E-state index >= 15 is 0 Å². The molecule has 1 aromatic rings. The van der Waals surface area contributed by atoms with Crippen molar-refractivity contribution in [2.75, 3.05) is 6.61 Å².